The molecule has 346 valence electrons. The van der Waals surface area contributed by atoms with Gasteiger partial charge in [0.2, 0.25) is 34.5 Å². The van der Waals surface area contributed by atoms with Gasteiger partial charge in [-0.25, -0.2) is 24.0 Å². The van der Waals surface area contributed by atoms with Crippen molar-refractivity contribution in [2.24, 2.45) is 0 Å². The van der Waals surface area contributed by atoms with Crippen molar-refractivity contribution in [3.05, 3.63) is 57.6 Å². The van der Waals surface area contributed by atoms with E-state index in [2.05, 4.69) is 0 Å². The molecule has 15 N–H and O–H groups in total. The van der Waals surface area contributed by atoms with Crippen LogP contribution in [0, 0.1) is 0 Å². The summed E-state index contributed by atoms with van der Waals surface area (Å²) in [5, 5.41) is 163. The molecule has 26 nitrogen and oxygen atoms in total. The van der Waals surface area contributed by atoms with Gasteiger partial charge in [0.25, 0.3) is 0 Å². The maximum absolute atomic E-state index is 14.6. The lowest BCUT2D eigenvalue weighted by molar-refractivity contribution is -0.153. The molecule has 5 atom stereocenters. The Morgan fingerprint density at radius 1 is 0.373 bits per heavy atom. The van der Waals surface area contributed by atoms with Crippen molar-refractivity contribution in [2.45, 2.75) is 30.5 Å². The van der Waals surface area contributed by atoms with Crippen molar-refractivity contribution in [3.63, 3.8) is 0 Å². The minimum atomic E-state index is -2.65. The van der Waals surface area contributed by atoms with Crippen LogP contribution in [-0.4, -0.2) is 137 Å². The normalized spacial score (nSPS) is 20.6. The number of phenolic OH excluding ortho intramolecular Hbond substituents is 13. The average molecular weight is 935 g/mol. The van der Waals surface area contributed by atoms with Gasteiger partial charge < -0.3 is 105 Å². The summed E-state index contributed by atoms with van der Waals surface area (Å²) in [6.45, 7) is -1.40. The van der Waals surface area contributed by atoms with Crippen LogP contribution in [0.5, 0.6) is 92.0 Å². The predicted molar refractivity (Wildman–Crippen MR) is 206 cm³/mol. The first-order valence-corrected chi connectivity index (χ1v) is 18.7. The summed E-state index contributed by atoms with van der Waals surface area (Å²) in [4.78, 5) is 70.3. The van der Waals surface area contributed by atoms with Crippen molar-refractivity contribution < 1.29 is 129 Å². The summed E-state index contributed by atoms with van der Waals surface area (Å²) >= 11 is 0. The van der Waals surface area contributed by atoms with Gasteiger partial charge in [0.15, 0.2) is 75.8 Å². The van der Waals surface area contributed by atoms with Crippen LogP contribution in [0.25, 0.3) is 22.3 Å². The van der Waals surface area contributed by atoms with Crippen LogP contribution >= 0.6 is 0 Å². The highest BCUT2D eigenvalue weighted by molar-refractivity contribution is 6.12. The second-order valence-corrected chi connectivity index (χ2v) is 14.9. The Morgan fingerprint density at radius 2 is 0.851 bits per heavy atom. The monoisotopic (exact) mass is 934 g/mol. The summed E-state index contributed by atoms with van der Waals surface area (Å²) in [6, 6.07) is 1.84. The quantitative estimate of drug-likeness (QED) is 0.0488. The van der Waals surface area contributed by atoms with E-state index < -0.39 is 215 Å². The highest BCUT2D eigenvalue weighted by Crippen LogP contribution is 2.60. The van der Waals surface area contributed by atoms with Crippen molar-refractivity contribution in [2.75, 3.05) is 6.61 Å². The smallest absolute Gasteiger partial charge is 0.347 e. The molecule has 0 amide bonds. The Morgan fingerprint density at radius 3 is 1.45 bits per heavy atom. The minimum Gasteiger partial charge on any atom is -0.504 e. The molecule has 5 aliphatic heterocycles. The molecule has 0 aromatic heterocycles. The Labute approximate surface area is 367 Å². The number of benzene rings is 5. The molecule has 0 fully saturated rings. The number of ether oxygens (including phenoxy) is 6. The van der Waals surface area contributed by atoms with Gasteiger partial charge in [0, 0.05) is 33.9 Å². The maximum atomic E-state index is 14.6. The summed E-state index contributed by atoms with van der Waals surface area (Å²) in [7, 11) is 0. The van der Waals surface area contributed by atoms with Crippen molar-refractivity contribution in [1.82, 2.24) is 0 Å². The highest BCUT2D eigenvalue weighted by Gasteiger charge is 2.53. The van der Waals surface area contributed by atoms with E-state index in [-0.39, 0.29) is 0 Å². The summed E-state index contributed by atoms with van der Waals surface area (Å²) < 4.78 is 32.7. The molecule has 5 aliphatic rings. The number of cyclic esters (lactones) is 2. The van der Waals surface area contributed by atoms with Crippen molar-refractivity contribution in [3.8, 4) is 114 Å². The first kappa shape index (κ1) is 42.9. The van der Waals surface area contributed by atoms with Crippen LogP contribution in [0.15, 0.2) is 24.3 Å². The van der Waals surface area contributed by atoms with E-state index in [1.54, 1.807) is 0 Å². The van der Waals surface area contributed by atoms with E-state index in [9.17, 15) is 101 Å². The number of carbonyl (C=O) groups excluding carboxylic acids is 5. The molecule has 5 aromatic carbocycles. The largest absolute Gasteiger partial charge is 0.504 e. The Kier molecular flexibility index (Phi) is 9.31. The average Bonchev–Trinajstić information content (AvgIpc) is 3.43. The lowest BCUT2D eigenvalue weighted by Gasteiger charge is -2.40. The first-order chi connectivity index (χ1) is 31.5. The second-order valence-electron chi connectivity index (χ2n) is 14.9. The molecule has 0 saturated carbocycles. The van der Waals surface area contributed by atoms with Crippen LogP contribution < -0.4 is 9.47 Å². The SMILES string of the molecule is O=C1Oc2c(c(O)cc3c2-c2c(cc(O)c(O)c2O)C(=O)O[C@@H]([C@@H]2OC(=O)c4cc(O)c(O)c(O)c4-c4c(O)c(O)c(O)c5c4C(=O)O[C@@H]2[C@@H]5O)[C@H](O)COC3=O)Oc2c1cc(O)c(O)c2O. The fraction of sp³-hybridized carbons (Fsp3) is 0.146. The van der Waals surface area contributed by atoms with Crippen LogP contribution in [0.2, 0.25) is 0 Å². The highest BCUT2D eigenvalue weighted by atomic mass is 16.6. The van der Waals surface area contributed by atoms with Crippen LogP contribution in [0.4, 0.5) is 0 Å². The fourth-order valence-corrected chi connectivity index (χ4v) is 8.01. The molecule has 10 rings (SSSR count). The van der Waals surface area contributed by atoms with E-state index >= 15 is 0 Å². The van der Waals surface area contributed by atoms with Gasteiger partial charge in [-0.2, -0.15) is 0 Å². The molecule has 5 heterocycles. The van der Waals surface area contributed by atoms with Gasteiger partial charge in [-0.05, 0) is 18.2 Å². The molecule has 0 radical (unpaired) electrons. The molecule has 67 heavy (non-hydrogen) atoms. The fourth-order valence-electron chi connectivity index (χ4n) is 8.01. The molecule has 0 unspecified atom stereocenters. The van der Waals surface area contributed by atoms with Crippen molar-refractivity contribution >= 4 is 29.8 Å². The molecule has 0 saturated heterocycles. The number of phenols is 13. The van der Waals surface area contributed by atoms with Gasteiger partial charge in [-0.1, -0.05) is 0 Å². The lowest BCUT2D eigenvalue weighted by Crippen LogP contribution is -2.55. The van der Waals surface area contributed by atoms with Gasteiger partial charge in [0.05, 0.1) is 22.3 Å². The van der Waals surface area contributed by atoms with E-state index in [1.807, 2.05) is 0 Å². The number of hydrogen-bond donors (Lipinski definition) is 15. The molecule has 5 aromatic rings. The molecule has 0 aliphatic carbocycles. The number of esters is 5. The molecular weight excluding hydrogens is 908 g/mol. The van der Waals surface area contributed by atoms with Gasteiger partial charge >= 0.3 is 29.8 Å². The van der Waals surface area contributed by atoms with E-state index in [1.165, 1.54) is 0 Å². The summed E-state index contributed by atoms with van der Waals surface area (Å²) in [5.41, 5.74) is -10.5. The number of aliphatic hydroxyl groups is 2. The zero-order chi connectivity index (χ0) is 48.6. The van der Waals surface area contributed by atoms with Gasteiger partial charge in [-0.15, -0.1) is 0 Å². The molecule has 4 bridgehead atoms. The Bertz CT molecular complexity index is 3150. The van der Waals surface area contributed by atoms with Crippen LogP contribution in [-0.2, 0) is 18.9 Å². The zero-order valence-corrected chi connectivity index (χ0v) is 32.6. The summed E-state index contributed by atoms with van der Waals surface area (Å²) in [6.07, 6.45) is -12.9. The molecule has 26 heteroatoms. The van der Waals surface area contributed by atoms with Crippen LogP contribution in [0.3, 0.4) is 0 Å². The Hall–Kier alpha value is -9.43. The number of aliphatic hydroxyl groups excluding tert-OH is 2. The number of carbonyl (C=O) groups is 5. The summed E-state index contributed by atoms with van der Waals surface area (Å²) in [5.74, 6) is -29.3. The lowest BCUT2D eigenvalue weighted by atomic mass is 9.82. The molecular formula is C41H26O26. The Balaban J connectivity index is 1.26. The zero-order valence-electron chi connectivity index (χ0n) is 32.6. The third-order valence-electron chi connectivity index (χ3n) is 11.1. The number of aromatic hydroxyl groups is 13. The maximum Gasteiger partial charge on any atom is 0.347 e. The third-order valence-corrected chi connectivity index (χ3v) is 11.1. The minimum absolute atomic E-state index is 0.368. The van der Waals surface area contributed by atoms with E-state index in [0.717, 1.165) is 0 Å². The number of hydrogen-bond acceptors (Lipinski definition) is 26. The topological polar surface area (TPSA) is 444 Å². The predicted octanol–water partition coefficient (Wildman–Crippen LogP) is 1.39. The van der Waals surface area contributed by atoms with Gasteiger partial charge in [-0.3, -0.25) is 0 Å². The van der Waals surface area contributed by atoms with Crippen LogP contribution in [0.1, 0.15) is 63.5 Å². The van der Waals surface area contributed by atoms with E-state index in [4.69, 9.17) is 28.4 Å². The van der Waals surface area contributed by atoms with E-state index in [0.29, 0.717) is 24.3 Å². The number of rotatable bonds is 1. The van der Waals surface area contributed by atoms with Crippen molar-refractivity contribution in [1.29, 1.82) is 0 Å². The molecule has 0 spiro atoms. The second kappa shape index (κ2) is 14.6. The van der Waals surface area contributed by atoms with Gasteiger partial charge in [0.1, 0.15) is 24.4 Å². The first-order valence-electron chi connectivity index (χ1n) is 18.7. The number of fused-ring (bicyclic) bond motifs is 9. The third kappa shape index (κ3) is 6.00. The standard InChI is InChI=1S/C41H26O26/c42-10-1-6-15(24(50)21(10)47)17-8(3-13(45)32-34(17)65-40(60)9-4-12(44)23(49)30(56)31(9)63-32)37(57)62-5-14(46)33(64-38(6)58)36-35-28(54)20-19(41(61)66-35)18(26(52)29(55)27(20)53)16-7(39(59)67-36)2-11(43)22(48)25(16)51/h1-4,14,28,33,35-36,42-56H,5H2/t14-,28-,33-,35-,36+/m1/s1.